The number of hydrogen-bond donors (Lipinski definition) is 1. The molecule has 122 valence electrons. The molecule has 2 amide bonds. The number of hydrogen-bond acceptors (Lipinski definition) is 3. The van der Waals surface area contributed by atoms with E-state index in [2.05, 4.69) is 5.32 Å². The van der Waals surface area contributed by atoms with Gasteiger partial charge in [-0.15, -0.1) is 0 Å². The van der Waals surface area contributed by atoms with Crippen molar-refractivity contribution in [3.63, 3.8) is 0 Å². The van der Waals surface area contributed by atoms with Crippen LogP contribution in [0.5, 0.6) is 0 Å². The minimum atomic E-state index is -2.96. The summed E-state index contributed by atoms with van der Waals surface area (Å²) in [6, 6.07) is 3.97. The van der Waals surface area contributed by atoms with Crippen molar-refractivity contribution < 1.29 is 17.6 Å². The van der Waals surface area contributed by atoms with Crippen LogP contribution in [-0.4, -0.2) is 44.4 Å². The Kier molecular flexibility index (Phi) is 5.28. The number of benzene rings is 1. The normalized spacial score (nSPS) is 19.9. The van der Waals surface area contributed by atoms with Gasteiger partial charge in [0.1, 0.15) is 5.82 Å². The SMILES string of the molecule is CN(Cc1c(F)cccc1Cl)C(=O)NC[C@@H]1CCS(=O)(=O)C1. The molecule has 1 aromatic carbocycles. The Labute approximate surface area is 134 Å². The highest BCUT2D eigenvalue weighted by atomic mass is 35.5. The number of urea groups is 1. The van der Waals surface area contributed by atoms with Crippen molar-refractivity contribution >= 4 is 27.5 Å². The van der Waals surface area contributed by atoms with Gasteiger partial charge in [-0.2, -0.15) is 0 Å². The molecule has 0 unspecified atom stereocenters. The minimum Gasteiger partial charge on any atom is -0.338 e. The lowest BCUT2D eigenvalue weighted by molar-refractivity contribution is 0.205. The molecule has 1 aliphatic heterocycles. The fraction of sp³-hybridized carbons (Fsp3) is 0.500. The van der Waals surface area contributed by atoms with Crippen LogP contribution in [0.2, 0.25) is 5.02 Å². The molecule has 0 saturated carbocycles. The summed E-state index contributed by atoms with van der Waals surface area (Å²) in [6.45, 7) is 0.341. The summed E-state index contributed by atoms with van der Waals surface area (Å²) < 4.78 is 36.4. The van der Waals surface area contributed by atoms with Gasteiger partial charge in [0.05, 0.1) is 18.1 Å². The smallest absolute Gasteiger partial charge is 0.317 e. The number of amides is 2. The predicted molar refractivity (Wildman–Crippen MR) is 83.0 cm³/mol. The third-order valence-electron chi connectivity index (χ3n) is 3.67. The first-order valence-electron chi connectivity index (χ1n) is 6.91. The fourth-order valence-corrected chi connectivity index (χ4v) is 4.48. The van der Waals surface area contributed by atoms with Crippen LogP contribution >= 0.6 is 11.6 Å². The summed E-state index contributed by atoms with van der Waals surface area (Å²) in [5, 5.41) is 2.94. The van der Waals surface area contributed by atoms with Crippen molar-refractivity contribution in [2.75, 3.05) is 25.1 Å². The topological polar surface area (TPSA) is 66.5 Å². The number of rotatable bonds is 4. The van der Waals surface area contributed by atoms with Gasteiger partial charge in [-0.3, -0.25) is 0 Å². The molecule has 2 rings (SSSR count). The number of carbonyl (C=O) groups excluding carboxylic acids is 1. The van der Waals surface area contributed by atoms with Crippen LogP contribution in [0.1, 0.15) is 12.0 Å². The zero-order chi connectivity index (χ0) is 16.3. The maximum atomic E-state index is 13.7. The Bertz CT molecular complexity index is 646. The Morgan fingerprint density at radius 2 is 2.23 bits per heavy atom. The van der Waals surface area contributed by atoms with Gasteiger partial charge < -0.3 is 10.2 Å². The van der Waals surface area contributed by atoms with Gasteiger partial charge in [0.15, 0.2) is 9.84 Å². The molecule has 1 heterocycles. The van der Waals surface area contributed by atoms with E-state index >= 15 is 0 Å². The van der Waals surface area contributed by atoms with Crippen LogP contribution in [0.3, 0.4) is 0 Å². The summed E-state index contributed by atoms with van der Waals surface area (Å²) in [6.07, 6.45) is 0.561. The van der Waals surface area contributed by atoms with Gasteiger partial charge in [-0.1, -0.05) is 17.7 Å². The molecule has 1 fully saturated rings. The zero-order valence-electron chi connectivity index (χ0n) is 12.2. The number of halogens is 2. The quantitative estimate of drug-likeness (QED) is 0.905. The number of sulfone groups is 1. The highest BCUT2D eigenvalue weighted by Crippen LogP contribution is 2.20. The van der Waals surface area contributed by atoms with Gasteiger partial charge in [0, 0.05) is 24.2 Å². The van der Waals surface area contributed by atoms with Gasteiger partial charge in [0.25, 0.3) is 0 Å². The van der Waals surface area contributed by atoms with Crippen molar-refractivity contribution in [1.82, 2.24) is 10.2 Å². The molecule has 1 atom stereocenters. The van der Waals surface area contributed by atoms with E-state index in [0.29, 0.717) is 13.0 Å². The highest BCUT2D eigenvalue weighted by molar-refractivity contribution is 7.91. The van der Waals surface area contributed by atoms with Crippen LogP contribution in [-0.2, 0) is 16.4 Å². The van der Waals surface area contributed by atoms with Gasteiger partial charge in [0.2, 0.25) is 0 Å². The third-order valence-corrected chi connectivity index (χ3v) is 5.86. The second kappa shape index (κ2) is 6.83. The second-order valence-corrected chi connectivity index (χ2v) is 8.15. The van der Waals surface area contributed by atoms with Gasteiger partial charge >= 0.3 is 6.03 Å². The summed E-state index contributed by atoms with van der Waals surface area (Å²) in [5.74, 6) is -0.238. The van der Waals surface area contributed by atoms with Crippen molar-refractivity contribution in [2.24, 2.45) is 5.92 Å². The van der Waals surface area contributed by atoms with Crippen LogP contribution in [0.25, 0.3) is 0 Å². The number of nitrogens with one attached hydrogen (secondary N) is 1. The van der Waals surface area contributed by atoms with E-state index in [9.17, 15) is 17.6 Å². The predicted octanol–water partition coefficient (Wildman–Crippen LogP) is 2.06. The lowest BCUT2D eigenvalue weighted by Crippen LogP contribution is -2.39. The molecule has 22 heavy (non-hydrogen) atoms. The molecular weight excluding hydrogens is 331 g/mol. The molecule has 1 aliphatic rings. The summed E-state index contributed by atoms with van der Waals surface area (Å²) in [7, 11) is -1.42. The zero-order valence-corrected chi connectivity index (χ0v) is 13.8. The third kappa shape index (κ3) is 4.33. The Hall–Kier alpha value is -1.34. The van der Waals surface area contributed by atoms with E-state index < -0.39 is 15.7 Å². The van der Waals surface area contributed by atoms with E-state index in [1.54, 1.807) is 6.07 Å². The van der Waals surface area contributed by atoms with E-state index in [0.717, 1.165) is 0 Å². The maximum Gasteiger partial charge on any atom is 0.317 e. The summed E-state index contributed by atoms with van der Waals surface area (Å²) in [5.41, 5.74) is 0.255. The van der Waals surface area contributed by atoms with Crippen LogP contribution in [0.4, 0.5) is 9.18 Å². The van der Waals surface area contributed by atoms with E-state index in [1.165, 1.54) is 24.1 Å². The van der Waals surface area contributed by atoms with E-state index in [1.807, 2.05) is 0 Å². The lowest BCUT2D eigenvalue weighted by Gasteiger charge is -2.20. The van der Waals surface area contributed by atoms with E-state index in [4.69, 9.17) is 11.6 Å². The van der Waals surface area contributed by atoms with Crippen molar-refractivity contribution in [2.45, 2.75) is 13.0 Å². The lowest BCUT2D eigenvalue weighted by atomic mass is 10.1. The molecule has 0 radical (unpaired) electrons. The molecule has 8 heteroatoms. The maximum absolute atomic E-state index is 13.7. The Morgan fingerprint density at radius 3 is 2.82 bits per heavy atom. The van der Waals surface area contributed by atoms with Crippen LogP contribution in [0.15, 0.2) is 18.2 Å². The minimum absolute atomic E-state index is 0.0420. The second-order valence-electron chi connectivity index (χ2n) is 5.51. The monoisotopic (exact) mass is 348 g/mol. The molecule has 1 aromatic rings. The molecule has 0 bridgehead atoms. The molecule has 0 aromatic heterocycles. The van der Waals surface area contributed by atoms with E-state index in [-0.39, 0.29) is 40.6 Å². The van der Waals surface area contributed by atoms with Gasteiger partial charge in [-0.05, 0) is 24.5 Å². The standard InChI is InChI=1S/C14H18ClFN2O3S/c1-18(8-11-12(15)3-2-4-13(11)16)14(19)17-7-10-5-6-22(20,21)9-10/h2-4,10H,5-9H2,1H3,(H,17,19)/t10-/m0/s1. The van der Waals surface area contributed by atoms with Crippen molar-refractivity contribution in [3.8, 4) is 0 Å². The number of nitrogens with zero attached hydrogens (tertiary/aromatic N) is 1. The highest BCUT2D eigenvalue weighted by Gasteiger charge is 2.28. The summed E-state index contributed by atoms with van der Waals surface area (Å²) in [4.78, 5) is 13.3. The van der Waals surface area contributed by atoms with Crippen LogP contribution in [0, 0.1) is 11.7 Å². The molecular formula is C14H18ClFN2O3S. The van der Waals surface area contributed by atoms with Gasteiger partial charge in [-0.25, -0.2) is 17.6 Å². The summed E-state index contributed by atoms with van der Waals surface area (Å²) >= 11 is 5.93. The number of carbonyl (C=O) groups is 1. The molecule has 5 nitrogen and oxygen atoms in total. The molecule has 1 saturated heterocycles. The average Bonchev–Trinajstić information content (AvgIpc) is 2.79. The van der Waals surface area contributed by atoms with Crippen molar-refractivity contribution in [1.29, 1.82) is 0 Å². The first-order valence-corrected chi connectivity index (χ1v) is 9.11. The Morgan fingerprint density at radius 1 is 1.50 bits per heavy atom. The largest absolute Gasteiger partial charge is 0.338 e. The fourth-order valence-electron chi connectivity index (χ4n) is 2.39. The van der Waals surface area contributed by atoms with Crippen molar-refractivity contribution in [3.05, 3.63) is 34.6 Å². The molecule has 1 N–H and O–H groups in total. The molecule has 0 spiro atoms. The molecule has 0 aliphatic carbocycles. The van der Waals surface area contributed by atoms with Crippen LogP contribution < -0.4 is 5.32 Å². The average molecular weight is 349 g/mol. The first kappa shape index (κ1) is 17.0. The Balaban J connectivity index is 1.87. The first-order chi connectivity index (χ1) is 10.3.